The first-order chi connectivity index (χ1) is 14.1. The number of nitrogens with zero attached hydrogens (tertiary/aromatic N) is 4. The standard InChI is InChI=1S/C21H40N6O2/c1-4-22-21(23-11-10-19(28)26(5-2)6-3)24-12-13-25-14-16-27(17-15-25)20(29)18-8-7-9-18/h18H,4-17H2,1-3H3,(H2,22,23,24). The van der Waals surface area contributed by atoms with E-state index >= 15 is 0 Å². The van der Waals surface area contributed by atoms with Gasteiger partial charge in [0.05, 0.1) is 6.54 Å². The van der Waals surface area contributed by atoms with Crippen LogP contribution in [-0.4, -0.2) is 97.9 Å². The molecule has 0 atom stereocenters. The number of hydrogen-bond acceptors (Lipinski definition) is 4. The van der Waals surface area contributed by atoms with E-state index in [2.05, 4.69) is 20.5 Å². The van der Waals surface area contributed by atoms with E-state index in [4.69, 9.17) is 0 Å². The van der Waals surface area contributed by atoms with Gasteiger partial charge in [0.1, 0.15) is 0 Å². The Labute approximate surface area is 176 Å². The van der Waals surface area contributed by atoms with Gasteiger partial charge in [-0.15, -0.1) is 0 Å². The average Bonchev–Trinajstić information content (AvgIpc) is 2.68. The second kappa shape index (κ2) is 12.7. The number of carbonyl (C=O) groups excluding carboxylic acids is 2. The van der Waals surface area contributed by atoms with Crippen molar-refractivity contribution in [1.29, 1.82) is 0 Å². The molecule has 0 unspecified atom stereocenters. The lowest BCUT2D eigenvalue weighted by molar-refractivity contribution is -0.140. The summed E-state index contributed by atoms with van der Waals surface area (Å²) in [4.78, 5) is 35.3. The highest BCUT2D eigenvalue weighted by molar-refractivity contribution is 5.81. The lowest BCUT2D eigenvalue weighted by Gasteiger charge is -2.38. The maximum absolute atomic E-state index is 12.3. The van der Waals surface area contributed by atoms with Crippen LogP contribution < -0.4 is 10.6 Å². The second-order valence-electron chi connectivity index (χ2n) is 7.80. The number of nitrogens with one attached hydrogen (secondary N) is 2. The molecule has 2 fully saturated rings. The maximum Gasteiger partial charge on any atom is 0.225 e. The molecule has 2 N–H and O–H groups in total. The number of rotatable bonds is 10. The SMILES string of the molecule is CCNC(=NCCN1CCN(C(=O)C2CCC2)CC1)NCCC(=O)N(CC)CC. The van der Waals surface area contributed by atoms with Crippen molar-refractivity contribution >= 4 is 17.8 Å². The minimum Gasteiger partial charge on any atom is -0.357 e. The smallest absolute Gasteiger partial charge is 0.225 e. The van der Waals surface area contributed by atoms with E-state index in [0.717, 1.165) is 71.2 Å². The highest BCUT2D eigenvalue weighted by atomic mass is 16.2. The van der Waals surface area contributed by atoms with Gasteiger partial charge in [-0.3, -0.25) is 19.5 Å². The number of amides is 2. The lowest BCUT2D eigenvalue weighted by Crippen LogP contribution is -2.51. The van der Waals surface area contributed by atoms with Gasteiger partial charge in [0.15, 0.2) is 5.96 Å². The van der Waals surface area contributed by atoms with Crippen molar-refractivity contribution in [2.45, 2.75) is 46.5 Å². The summed E-state index contributed by atoms with van der Waals surface area (Å²) < 4.78 is 0. The fraction of sp³-hybridized carbons (Fsp3) is 0.857. The van der Waals surface area contributed by atoms with Crippen LogP contribution in [0.3, 0.4) is 0 Å². The normalized spacial score (nSPS) is 18.3. The van der Waals surface area contributed by atoms with Crippen molar-refractivity contribution in [3.05, 3.63) is 0 Å². The zero-order valence-electron chi connectivity index (χ0n) is 18.6. The molecule has 1 saturated heterocycles. The molecule has 0 aromatic heterocycles. The van der Waals surface area contributed by atoms with Gasteiger partial charge in [-0.2, -0.15) is 0 Å². The van der Waals surface area contributed by atoms with E-state index in [9.17, 15) is 9.59 Å². The van der Waals surface area contributed by atoms with Gasteiger partial charge < -0.3 is 20.4 Å². The Balaban J connectivity index is 1.66. The van der Waals surface area contributed by atoms with E-state index < -0.39 is 0 Å². The number of guanidine groups is 1. The van der Waals surface area contributed by atoms with Crippen molar-refractivity contribution in [3.63, 3.8) is 0 Å². The first kappa shape index (κ1) is 23.4. The van der Waals surface area contributed by atoms with Crippen molar-refractivity contribution in [3.8, 4) is 0 Å². The Hall–Kier alpha value is -1.83. The van der Waals surface area contributed by atoms with E-state index in [1.807, 2.05) is 30.6 Å². The molecule has 2 aliphatic rings. The molecule has 0 bridgehead atoms. The molecule has 1 heterocycles. The number of piperazine rings is 1. The summed E-state index contributed by atoms with van der Waals surface area (Å²) >= 11 is 0. The maximum atomic E-state index is 12.3. The summed E-state index contributed by atoms with van der Waals surface area (Å²) in [5.74, 6) is 1.60. The Morgan fingerprint density at radius 3 is 2.28 bits per heavy atom. The van der Waals surface area contributed by atoms with Crippen LogP contribution in [0.4, 0.5) is 0 Å². The Morgan fingerprint density at radius 2 is 1.72 bits per heavy atom. The number of carbonyl (C=O) groups is 2. The van der Waals surface area contributed by atoms with E-state index in [0.29, 0.717) is 31.3 Å². The zero-order valence-corrected chi connectivity index (χ0v) is 18.6. The van der Waals surface area contributed by atoms with Crippen molar-refractivity contribution in [2.75, 3.05) is 65.4 Å². The summed E-state index contributed by atoms with van der Waals surface area (Å²) in [7, 11) is 0. The first-order valence-corrected chi connectivity index (χ1v) is 11.4. The van der Waals surface area contributed by atoms with Gasteiger partial charge in [-0.05, 0) is 33.6 Å². The van der Waals surface area contributed by atoms with Gasteiger partial charge in [-0.1, -0.05) is 6.42 Å². The number of hydrogen-bond donors (Lipinski definition) is 2. The summed E-state index contributed by atoms with van der Waals surface area (Å²) in [5.41, 5.74) is 0. The summed E-state index contributed by atoms with van der Waals surface area (Å²) in [5, 5.41) is 6.50. The predicted molar refractivity (Wildman–Crippen MR) is 117 cm³/mol. The van der Waals surface area contributed by atoms with E-state index in [-0.39, 0.29) is 5.91 Å². The largest absolute Gasteiger partial charge is 0.357 e. The van der Waals surface area contributed by atoms with Crippen LogP contribution in [0, 0.1) is 5.92 Å². The van der Waals surface area contributed by atoms with Gasteiger partial charge >= 0.3 is 0 Å². The van der Waals surface area contributed by atoms with Crippen LogP contribution >= 0.6 is 0 Å². The van der Waals surface area contributed by atoms with Gasteiger partial charge in [0, 0.05) is 71.2 Å². The zero-order chi connectivity index (χ0) is 21.1. The first-order valence-electron chi connectivity index (χ1n) is 11.4. The Morgan fingerprint density at radius 1 is 1.03 bits per heavy atom. The summed E-state index contributed by atoms with van der Waals surface area (Å²) in [6.45, 7) is 14.1. The molecule has 1 aliphatic carbocycles. The van der Waals surface area contributed by atoms with E-state index in [1.165, 1.54) is 6.42 Å². The molecule has 2 rings (SSSR count). The van der Waals surface area contributed by atoms with Crippen LogP contribution in [0.2, 0.25) is 0 Å². The second-order valence-corrected chi connectivity index (χ2v) is 7.80. The van der Waals surface area contributed by atoms with Gasteiger partial charge in [-0.25, -0.2) is 0 Å². The third-order valence-corrected chi connectivity index (χ3v) is 5.92. The summed E-state index contributed by atoms with van der Waals surface area (Å²) in [6.07, 6.45) is 3.84. The van der Waals surface area contributed by atoms with Crippen LogP contribution in [0.1, 0.15) is 46.5 Å². The minimum atomic E-state index is 0.174. The molecule has 0 aromatic rings. The molecule has 1 aliphatic heterocycles. The molecule has 0 aromatic carbocycles. The third-order valence-electron chi connectivity index (χ3n) is 5.92. The Kier molecular flexibility index (Phi) is 10.2. The van der Waals surface area contributed by atoms with E-state index in [1.54, 1.807) is 0 Å². The molecule has 29 heavy (non-hydrogen) atoms. The van der Waals surface area contributed by atoms with Crippen LogP contribution in [0.15, 0.2) is 4.99 Å². The minimum absolute atomic E-state index is 0.174. The van der Waals surface area contributed by atoms with Gasteiger partial charge in [0.25, 0.3) is 0 Å². The topological polar surface area (TPSA) is 80.3 Å². The fourth-order valence-electron chi connectivity index (χ4n) is 3.77. The average molecular weight is 409 g/mol. The highest BCUT2D eigenvalue weighted by Gasteiger charge is 2.30. The third kappa shape index (κ3) is 7.49. The van der Waals surface area contributed by atoms with Crippen LogP contribution in [0.5, 0.6) is 0 Å². The molecule has 166 valence electrons. The summed E-state index contributed by atoms with van der Waals surface area (Å²) in [6, 6.07) is 0. The molecule has 1 saturated carbocycles. The Bertz CT molecular complexity index is 537. The molecule has 8 heteroatoms. The molecule has 8 nitrogen and oxygen atoms in total. The molecule has 2 amide bonds. The molecular formula is C21H40N6O2. The predicted octanol–water partition coefficient (Wildman–Crippen LogP) is 0.744. The van der Waals surface area contributed by atoms with Crippen molar-refractivity contribution in [1.82, 2.24) is 25.3 Å². The monoisotopic (exact) mass is 408 g/mol. The molecule has 0 spiro atoms. The number of aliphatic imine (C=N–C) groups is 1. The van der Waals surface area contributed by atoms with Gasteiger partial charge in [0.2, 0.25) is 11.8 Å². The quantitative estimate of drug-likeness (QED) is 0.412. The highest BCUT2D eigenvalue weighted by Crippen LogP contribution is 2.28. The molecule has 0 radical (unpaired) electrons. The molecular weight excluding hydrogens is 368 g/mol. The van der Waals surface area contributed by atoms with Crippen LogP contribution in [-0.2, 0) is 9.59 Å². The fourth-order valence-corrected chi connectivity index (χ4v) is 3.77. The van der Waals surface area contributed by atoms with Crippen molar-refractivity contribution < 1.29 is 9.59 Å². The lowest BCUT2D eigenvalue weighted by atomic mass is 9.84. The van der Waals surface area contributed by atoms with Crippen LogP contribution in [0.25, 0.3) is 0 Å². The van der Waals surface area contributed by atoms with Crippen molar-refractivity contribution in [2.24, 2.45) is 10.9 Å².